The normalized spacial score (nSPS) is 12.1. The molecule has 1 aromatic carbocycles. The maximum Gasteiger partial charge on any atom is 0.160 e. The van der Waals surface area contributed by atoms with Crippen LogP contribution in [0.15, 0.2) is 12.1 Å². The predicted molar refractivity (Wildman–Crippen MR) is 142 cm³/mol. The van der Waals surface area contributed by atoms with Crippen LogP contribution in [-0.2, 0) is 26.9 Å². The van der Waals surface area contributed by atoms with Gasteiger partial charge >= 0.3 is 0 Å². The molecule has 0 aliphatic heterocycles. The fraction of sp³-hybridized carbons (Fsp3) is 0.778. The number of methoxy groups -OCH3 is 1. The Labute approximate surface area is 210 Å². The van der Waals surface area contributed by atoms with Gasteiger partial charge in [-0.25, -0.2) is 4.21 Å². The van der Waals surface area contributed by atoms with E-state index >= 15 is 0 Å². The summed E-state index contributed by atoms with van der Waals surface area (Å²) in [5.74, 6) is 2.08. The second kappa shape index (κ2) is 20.6. The van der Waals surface area contributed by atoms with Gasteiger partial charge in [-0.1, -0.05) is 90.9 Å². The van der Waals surface area contributed by atoms with E-state index in [4.69, 9.17) is 25.3 Å². The molecule has 1 aromatic rings. The third-order valence-corrected chi connectivity index (χ3v) is 7.11. The lowest BCUT2D eigenvalue weighted by Gasteiger charge is -2.15. The minimum atomic E-state index is -1.39. The van der Waals surface area contributed by atoms with Crippen LogP contribution in [0.5, 0.6) is 11.5 Å². The molecule has 33 heavy (non-hydrogen) atoms. The van der Waals surface area contributed by atoms with E-state index in [1.54, 1.807) is 7.11 Å². The van der Waals surface area contributed by atoms with Gasteiger partial charge in [-0.15, -0.1) is 11.6 Å². The molecule has 4 nitrogen and oxygen atoms in total. The summed E-state index contributed by atoms with van der Waals surface area (Å²) in [6.45, 7) is 5.65. The molecule has 0 saturated heterocycles. The van der Waals surface area contributed by atoms with Crippen molar-refractivity contribution in [3.8, 4) is 11.5 Å². The van der Waals surface area contributed by atoms with E-state index < -0.39 is 11.1 Å². The van der Waals surface area contributed by atoms with Crippen molar-refractivity contribution < 1.29 is 17.9 Å². The standard InChI is InChI=1S/C27H47ClO4S/c1-4-6-8-10-12-13-14-16-18-31-27-20-24(22-28)26(30-3)21-25(27)23-33(29)32-19-17-15-11-9-7-5-2/h20-21H,4-19,22-23H2,1-3H3. The van der Waals surface area contributed by atoms with Gasteiger partial charge in [0.15, 0.2) is 11.1 Å². The maximum atomic E-state index is 12.5. The van der Waals surface area contributed by atoms with Gasteiger partial charge in [0.1, 0.15) is 11.5 Å². The summed E-state index contributed by atoms with van der Waals surface area (Å²) in [7, 11) is 1.63. The second-order valence-corrected chi connectivity index (χ2v) is 10.2. The van der Waals surface area contributed by atoms with E-state index in [2.05, 4.69) is 13.8 Å². The van der Waals surface area contributed by atoms with E-state index in [1.807, 2.05) is 12.1 Å². The topological polar surface area (TPSA) is 44.8 Å². The molecule has 1 atom stereocenters. The molecule has 0 N–H and O–H groups in total. The summed E-state index contributed by atoms with van der Waals surface area (Å²) in [5.41, 5.74) is 1.73. The van der Waals surface area contributed by atoms with Gasteiger partial charge in [0.2, 0.25) is 0 Å². The number of hydrogen-bond acceptors (Lipinski definition) is 4. The van der Waals surface area contributed by atoms with E-state index in [9.17, 15) is 4.21 Å². The van der Waals surface area contributed by atoms with Gasteiger partial charge in [-0.3, -0.25) is 4.18 Å². The lowest BCUT2D eigenvalue weighted by atomic mass is 10.1. The molecule has 6 heteroatoms. The monoisotopic (exact) mass is 502 g/mol. The number of halogens is 1. The summed E-state index contributed by atoms with van der Waals surface area (Å²) >= 11 is 4.71. The molecule has 0 radical (unpaired) electrons. The van der Waals surface area contributed by atoms with Crippen molar-refractivity contribution in [3.63, 3.8) is 0 Å². The van der Waals surface area contributed by atoms with Crippen LogP contribution in [0.25, 0.3) is 0 Å². The quantitative estimate of drug-likeness (QED) is 0.118. The van der Waals surface area contributed by atoms with Gasteiger partial charge in [0.25, 0.3) is 0 Å². The number of benzene rings is 1. The first-order valence-electron chi connectivity index (χ1n) is 13.1. The zero-order valence-corrected chi connectivity index (χ0v) is 22.9. The van der Waals surface area contributed by atoms with Crippen LogP contribution in [0.3, 0.4) is 0 Å². The zero-order valence-electron chi connectivity index (χ0n) is 21.3. The number of rotatable bonds is 22. The van der Waals surface area contributed by atoms with Crippen LogP contribution >= 0.6 is 11.6 Å². The molecule has 0 spiro atoms. The van der Waals surface area contributed by atoms with Gasteiger partial charge in [0.05, 0.1) is 32.0 Å². The summed E-state index contributed by atoms with van der Waals surface area (Å²) in [6, 6.07) is 3.82. The molecular formula is C27H47ClO4S. The average molecular weight is 503 g/mol. The smallest absolute Gasteiger partial charge is 0.160 e. The molecule has 0 fully saturated rings. The summed E-state index contributed by atoms with van der Waals surface area (Å²) in [6.07, 6.45) is 17.2. The van der Waals surface area contributed by atoms with Crippen molar-refractivity contribution in [1.82, 2.24) is 0 Å². The fourth-order valence-corrected chi connectivity index (χ4v) is 4.88. The van der Waals surface area contributed by atoms with Crippen LogP contribution in [0, 0.1) is 0 Å². The van der Waals surface area contributed by atoms with Crippen molar-refractivity contribution >= 4 is 22.7 Å². The van der Waals surface area contributed by atoms with Gasteiger partial charge in [0, 0.05) is 11.1 Å². The van der Waals surface area contributed by atoms with E-state index in [0.29, 0.717) is 30.6 Å². The molecule has 1 unspecified atom stereocenters. The molecule has 0 aliphatic carbocycles. The molecule has 0 aliphatic rings. The Hall–Kier alpha value is -0.780. The highest BCUT2D eigenvalue weighted by Crippen LogP contribution is 2.31. The molecule has 0 aromatic heterocycles. The van der Waals surface area contributed by atoms with Crippen molar-refractivity contribution in [2.45, 2.75) is 115 Å². The predicted octanol–water partition coefficient (Wildman–Crippen LogP) is 8.49. The Balaban J connectivity index is 2.50. The van der Waals surface area contributed by atoms with Crippen LogP contribution in [-0.4, -0.2) is 24.5 Å². The Morgan fingerprint density at radius 3 is 1.79 bits per heavy atom. The average Bonchev–Trinajstić information content (AvgIpc) is 2.82. The third kappa shape index (κ3) is 14.3. The SMILES string of the molecule is CCCCCCCCCCOc1cc(CCl)c(OC)cc1CS(=O)OCCCCCCCC. The molecule has 1 rings (SSSR count). The highest BCUT2D eigenvalue weighted by atomic mass is 35.5. The van der Waals surface area contributed by atoms with Gasteiger partial charge in [-0.2, -0.15) is 0 Å². The summed E-state index contributed by atoms with van der Waals surface area (Å²) < 4.78 is 29.7. The lowest BCUT2D eigenvalue weighted by Crippen LogP contribution is -2.07. The molecule has 0 bridgehead atoms. The van der Waals surface area contributed by atoms with Crippen molar-refractivity contribution in [2.75, 3.05) is 20.3 Å². The maximum absolute atomic E-state index is 12.5. The van der Waals surface area contributed by atoms with E-state index in [-0.39, 0.29) is 0 Å². The highest BCUT2D eigenvalue weighted by molar-refractivity contribution is 7.79. The van der Waals surface area contributed by atoms with Crippen molar-refractivity contribution in [1.29, 1.82) is 0 Å². The number of ether oxygens (including phenoxy) is 2. The number of hydrogen-bond donors (Lipinski definition) is 0. The molecule has 0 amide bonds. The van der Waals surface area contributed by atoms with Gasteiger partial charge in [-0.05, 0) is 25.0 Å². The first-order valence-corrected chi connectivity index (χ1v) is 14.8. The fourth-order valence-electron chi connectivity index (χ4n) is 3.81. The number of unbranched alkanes of at least 4 members (excludes halogenated alkanes) is 12. The van der Waals surface area contributed by atoms with E-state index in [0.717, 1.165) is 36.1 Å². The molecular weight excluding hydrogens is 456 g/mol. The largest absolute Gasteiger partial charge is 0.496 e. The Morgan fingerprint density at radius 1 is 0.727 bits per heavy atom. The second-order valence-electron chi connectivity index (χ2n) is 8.77. The Kier molecular flexibility index (Phi) is 18.9. The lowest BCUT2D eigenvalue weighted by molar-refractivity contribution is 0.300. The van der Waals surface area contributed by atoms with E-state index in [1.165, 1.54) is 70.6 Å². The van der Waals surface area contributed by atoms with Crippen LogP contribution in [0.1, 0.15) is 115 Å². The minimum absolute atomic E-state index is 0.293. The van der Waals surface area contributed by atoms with Crippen LogP contribution < -0.4 is 9.47 Å². The number of alkyl halides is 1. The molecule has 192 valence electrons. The Bertz CT molecular complexity index is 639. The zero-order chi connectivity index (χ0) is 24.2. The third-order valence-electron chi connectivity index (χ3n) is 5.85. The first-order chi connectivity index (χ1) is 16.2. The Morgan fingerprint density at radius 2 is 1.24 bits per heavy atom. The minimum Gasteiger partial charge on any atom is -0.496 e. The molecule has 0 saturated carbocycles. The summed E-state index contributed by atoms with van der Waals surface area (Å²) in [5, 5.41) is 0. The van der Waals surface area contributed by atoms with Crippen LogP contribution in [0.2, 0.25) is 0 Å². The van der Waals surface area contributed by atoms with Crippen molar-refractivity contribution in [3.05, 3.63) is 23.3 Å². The highest BCUT2D eigenvalue weighted by Gasteiger charge is 2.14. The first kappa shape index (κ1) is 30.3. The molecule has 0 heterocycles. The summed E-state index contributed by atoms with van der Waals surface area (Å²) in [4.78, 5) is 0. The van der Waals surface area contributed by atoms with Crippen molar-refractivity contribution in [2.24, 2.45) is 0 Å². The van der Waals surface area contributed by atoms with Gasteiger partial charge < -0.3 is 9.47 Å². The van der Waals surface area contributed by atoms with Crippen LogP contribution in [0.4, 0.5) is 0 Å².